The lowest BCUT2D eigenvalue weighted by molar-refractivity contribution is -0.122. The topological polar surface area (TPSA) is 66.5 Å². The molecule has 0 radical (unpaired) electrons. The Morgan fingerprint density at radius 2 is 1.92 bits per heavy atom. The van der Waals surface area contributed by atoms with E-state index < -0.39 is 5.92 Å². The van der Waals surface area contributed by atoms with Crippen molar-refractivity contribution < 1.29 is 14.4 Å². The average Bonchev–Trinajstić information content (AvgIpc) is 2.97. The molecule has 0 aromatic heterocycles. The standard InChI is InChI=1S/C19H17BrN2O3/c1-12(23)13-4-2-6-16(8-13)21-19(25)14-9-18(24)22(11-14)17-7-3-5-15(20)10-17/h2-8,10,14H,9,11H2,1H3,(H,21,25)/t14-/m0/s1. The molecule has 0 saturated carbocycles. The van der Waals surface area contributed by atoms with Crippen molar-refractivity contribution >= 4 is 44.9 Å². The molecule has 0 aliphatic carbocycles. The Morgan fingerprint density at radius 1 is 1.16 bits per heavy atom. The van der Waals surface area contributed by atoms with E-state index in [2.05, 4.69) is 21.2 Å². The number of hydrogen-bond acceptors (Lipinski definition) is 3. The molecule has 0 spiro atoms. The Morgan fingerprint density at radius 3 is 2.64 bits per heavy atom. The Hall–Kier alpha value is -2.47. The molecule has 1 aliphatic rings. The second-order valence-electron chi connectivity index (χ2n) is 6.01. The summed E-state index contributed by atoms with van der Waals surface area (Å²) in [5.74, 6) is -0.775. The van der Waals surface area contributed by atoms with Gasteiger partial charge in [0, 0.05) is 34.4 Å². The number of anilines is 2. The third-order valence-electron chi connectivity index (χ3n) is 4.15. The van der Waals surface area contributed by atoms with Crippen molar-refractivity contribution in [3.05, 3.63) is 58.6 Å². The van der Waals surface area contributed by atoms with Gasteiger partial charge in [0.2, 0.25) is 11.8 Å². The summed E-state index contributed by atoms with van der Waals surface area (Å²) in [5.41, 5.74) is 1.87. The van der Waals surface area contributed by atoms with Gasteiger partial charge in [0.1, 0.15) is 0 Å². The number of ketones is 1. The van der Waals surface area contributed by atoms with Crippen LogP contribution in [-0.2, 0) is 9.59 Å². The summed E-state index contributed by atoms with van der Waals surface area (Å²) >= 11 is 3.39. The van der Waals surface area contributed by atoms with Gasteiger partial charge in [0.05, 0.1) is 5.92 Å². The van der Waals surface area contributed by atoms with E-state index in [1.165, 1.54) is 6.92 Å². The number of hydrogen-bond donors (Lipinski definition) is 1. The van der Waals surface area contributed by atoms with Crippen LogP contribution in [0.1, 0.15) is 23.7 Å². The van der Waals surface area contributed by atoms with Crippen molar-refractivity contribution in [2.45, 2.75) is 13.3 Å². The highest BCUT2D eigenvalue weighted by Gasteiger charge is 2.35. The number of amides is 2. The molecule has 0 bridgehead atoms. The molecule has 128 valence electrons. The van der Waals surface area contributed by atoms with Gasteiger partial charge in [-0.2, -0.15) is 0 Å². The summed E-state index contributed by atoms with van der Waals surface area (Å²) in [6, 6.07) is 14.2. The number of rotatable bonds is 4. The summed E-state index contributed by atoms with van der Waals surface area (Å²) in [5, 5.41) is 2.80. The Kier molecular flexibility index (Phi) is 4.99. The van der Waals surface area contributed by atoms with E-state index in [9.17, 15) is 14.4 Å². The van der Waals surface area contributed by atoms with Gasteiger partial charge in [-0.1, -0.05) is 34.1 Å². The highest BCUT2D eigenvalue weighted by Crippen LogP contribution is 2.28. The highest BCUT2D eigenvalue weighted by molar-refractivity contribution is 9.10. The Bertz CT molecular complexity index is 850. The number of carbonyl (C=O) groups excluding carboxylic acids is 3. The van der Waals surface area contributed by atoms with Crippen LogP contribution in [0.4, 0.5) is 11.4 Å². The normalized spacial score (nSPS) is 16.8. The first-order chi connectivity index (χ1) is 11.9. The van der Waals surface area contributed by atoms with Gasteiger partial charge >= 0.3 is 0 Å². The summed E-state index contributed by atoms with van der Waals surface area (Å²) < 4.78 is 0.881. The predicted molar refractivity (Wildman–Crippen MR) is 99.7 cm³/mol. The van der Waals surface area contributed by atoms with E-state index in [0.29, 0.717) is 17.8 Å². The van der Waals surface area contributed by atoms with Crippen molar-refractivity contribution in [1.82, 2.24) is 0 Å². The van der Waals surface area contributed by atoms with Gasteiger partial charge in [-0.25, -0.2) is 0 Å². The lowest BCUT2D eigenvalue weighted by Crippen LogP contribution is -2.28. The largest absolute Gasteiger partial charge is 0.326 e. The molecule has 0 unspecified atom stereocenters. The molecule has 25 heavy (non-hydrogen) atoms. The lowest BCUT2D eigenvalue weighted by Gasteiger charge is -2.17. The van der Waals surface area contributed by atoms with E-state index >= 15 is 0 Å². The van der Waals surface area contributed by atoms with Crippen LogP contribution in [0.2, 0.25) is 0 Å². The van der Waals surface area contributed by atoms with Crippen LogP contribution in [0.5, 0.6) is 0 Å². The quantitative estimate of drug-likeness (QED) is 0.796. The van der Waals surface area contributed by atoms with E-state index in [4.69, 9.17) is 0 Å². The second kappa shape index (κ2) is 7.19. The van der Waals surface area contributed by atoms with Gasteiger partial charge in [-0.05, 0) is 37.3 Å². The van der Waals surface area contributed by atoms with Crippen LogP contribution in [0.15, 0.2) is 53.0 Å². The van der Waals surface area contributed by atoms with Crippen LogP contribution in [0.3, 0.4) is 0 Å². The summed E-state index contributed by atoms with van der Waals surface area (Å²) in [7, 11) is 0. The third-order valence-corrected chi connectivity index (χ3v) is 4.65. The number of nitrogens with one attached hydrogen (secondary N) is 1. The fraction of sp³-hybridized carbons (Fsp3) is 0.211. The van der Waals surface area contributed by atoms with Crippen LogP contribution in [0, 0.1) is 5.92 Å². The molecule has 3 rings (SSSR count). The number of carbonyl (C=O) groups is 3. The number of nitrogens with zero attached hydrogens (tertiary/aromatic N) is 1. The van der Waals surface area contributed by atoms with Crippen molar-refractivity contribution in [2.75, 3.05) is 16.8 Å². The fourth-order valence-electron chi connectivity index (χ4n) is 2.84. The van der Waals surface area contributed by atoms with Gasteiger partial charge < -0.3 is 10.2 Å². The molecule has 2 aromatic carbocycles. The summed E-state index contributed by atoms with van der Waals surface area (Å²) in [4.78, 5) is 37.9. The molecular weight excluding hydrogens is 384 g/mol. The minimum Gasteiger partial charge on any atom is -0.326 e. The summed E-state index contributed by atoms with van der Waals surface area (Å²) in [6.45, 7) is 1.82. The van der Waals surface area contributed by atoms with Crippen LogP contribution in [0.25, 0.3) is 0 Å². The number of halogens is 1. The van der Waals surface area contributed by atoms with Crippen LogP contribution < -0.4 is 10.2 Å². The molecule has 1 fully saturated rings. The maximum absolute atomic E-state index is 12.5. The monoisotopic (exact) mass is 400 g/mol. The summed E-state index contributed by atoms with van der Waals surface area (Å²) in [6.07, 6.45) is 0.171. The van der Waals surface area contributed by atoms with Crippen LogP contribution >= 0.6 is 15.9 Å². The minimum absolute atomic E-state index is 0.0621. The zero-order valence-corrected chi connectivity index (χ0v) is 15.2. The number of Topliss-reactive ketones (excluding diaryl/α,β-unsaturated/α-hetero) is 1. The first-order valence-corrected chi connectivity index (χ1v) is 8.71. The van der Waals surface area contributed by atoms with Crippen molar-refractivity contribution in [3.63, 3.8) is 0 Å². The maximum Gasteiger partial charge on any atom is 0.229 e. The lowest BCUT2D eigenvalue weighted by atomic mass is 10.1. The maximum atomic E-state index is 12.5. The Labute approximate surface area is 154 Å². The highest BCUT2D eigenvalue weighted by atomic mass is 79.9. The van der Waals surface area contributed by atoms with E-state index in [-0.39, 0.29) is 24.0 Å². The predicted octanol–water partition coefficient (Wildman–Crippen LogP) is 3.64. The molecule has 2 aromatic rings. The minimum atomic E-state index is -0.424. The molecular formula is C19H17BrN2O3. The van der Waals surface area contributed by atoms with E-state index in [1.807, 2.05) is 24.3 Å². The molecule has 1 aliphatic heterocycles. The molecule has 2 amide bonds. The fourth-order valence-corrected chi connectivity index (χ4v) is 3.22. The molecule has 5 nitrogen and oxygen atoms in total. The van der Waals surface area contributed by atoms with E-state index in [0.717, 1.165) is 10.2 Å². The van der Waals surface area contributed by atoms with E-state index in [1.54, 1.807) is 29.2 Å². The average molecular weight is 401 g/mol. The smallest absolute Gasteiger partial charge is 0.229 e. The molecule has 1 N–H and O–H groups in total. The Balaban J connectivity index is 1.71. The molecule has 1 atom stereocenters. The van der Waals surface area contributed by atoms with Gasteiger partial charge in [0.15, 0.2) is 5.78 Å². The van der Waals surface area contributed by atoms with Crippen molar-refractivity contribution in [1.29, 1.82) is 0 Å². The molecule has 6 heteroatoms. The van der Waals surface area contributed by atoms with Crippen molar-refractivity contribution in [3.8, 4) is 0 Å². The SMILES string of the molecule is CC(=O)c1cccc(NC(=O)[C@H]2CC(=O)N(c3cccc(Br)c3)C2)c1. The zero-order chi connectivity index (χ0) is 18.0. The molecule has 1 heterocycles. The molecule has 1 saturated heterocycles. The third kappa shape index (κ3) is 3.96. The van der Waals surface area contributed by atoms with Gasteiger partial charge in [-0.3, -0.25) is 14.4 Å². The number of benzene rings is 2. The zero-order valence-electron chi connectivity index (χ0n) is 13.7. The second-order valence-corrected chi connectivity index (χ2v) is 6.93. The van der Waals surface area contributed by atoms with Gasteiger partial charge in [-0.15, -0.1) is 0 Å². The first-order valence-electron chi connectivity index (χ1n) is 7.92. The van der Waals surface area contributed by atoms with Gasteiger partial charge in [0.25, 0.3) is 0 Å². The van der Waals surface area contributed by atoms with Crippen LogP contribution in [-0.4, -0.2) is 24.1 Å². The first kappa shape index (κ1) is 17.4. The van der Waals surface area contributed by atoms with Crippen molar-refractivity contribution in [2.24, 2.45) is 5.92 Å².